The minimum Gasteiger partial charge on any atom is -0.481 e. The van der Waals surface area contributed by atoms with Gasteiger partial charge in [-0.05, 0) is 33.7 Å². The topological polar surface area (TPSA) is 105 Å². The van der Waals surface area contributed by atoms with E-state index in [-0.39, 0.29) is 19.1 Å². The van der Waals surface area contributed by atoms with E-state index in [1.165, 1.54) is 11.3 Å². The molecule has 0 aliphatic heterocycles. The number of halogens is 1. The first-order valence-electron chi connectivity index (χ1n) is 10.3. The third-order valence-electron chi connectivity index (χ3n) is 5.45. The number of alkyl carbamates (subject to hydrolysis) is 1. The van der Waals surface area contributed by atoms with Crippen LogP contribution in [0.3, 0.4) is 0 Å². The van der Waals surface area contributed by atoms with Crippen LogP contribution in [0.2, 0.25) is 5.02 Å². The monoisotopic (exact) mass is 484 g/mol. The van der Waals surface area contributed by atoms with Crippen molar-refractivity contribution < 1.29 is 24.2 Å². The van der Waals surface area contributed by atoms with Crippen molar-refractivity contribution in [1.29, 1.82) is 0 Å². The Morgan fingerprint density at radius 1 is 1.03 bits per heavy atom. The van der Waals surface area contributed by atoms with Gasteiger partial charge in [-0.2, -0.15) is 0 Å². The standard InChI is InChI=1S/C24H21ClN2O5S/c25-19-9-10-33-21(19)12-26-23(30)20(11-22(28)29)27-24(31)32-13-18-16-7-3-1-5-14(16)15-6-2-4-8-17(15)18/h1-10,18,20H,11-13H2,(H,26,30)(H,27,31)(H,28,29). The lowest BCUT2D eigenvalue weighted by molar-refractivity contribution is -0.139. The molecule has 0 fully saturated rings. The molecule has 2 amide bonds. The lowest BCUT2D eigenvalue weighted by Crippen LogP contribution is -2.48. The summed E-state index contributed by atoms with van der Waals surface area (Å²) in [5.74, 6) is -1.99. The van der Waals surface area contributed by atoms with Crippen LogP contribution in [0.5, 0.6) is 0 Å². The fourth-order valence-corrected chi connectivity index (χ4v) is 4.95. The minimum absolute atomic E-state index is 0.0616. The Morgan fingerprint density at radius 3 is 2.24 bits per heavy atom. The van der Waals surface area contributed by atoms with E-state index in [1.807, 2.05) is 48.5 Å². The van der Waals surface area contributed by atoms with E-state index in [0.29, 0.717) is 5.02 Å². The summed E-state index contributed by atoms with van der Waals surface area (Å²) in [6, 6.07) is 16.3. The number of rotatable bonds is 8. The Bertz CT molecular complexity index is 1150. The smallest absolute Gasteiger partial charge is 0.407 e. The van der Waals surface area contributed by atoms with Crippen molar-refractivity contribution in [2.45, 2.75) is 24.9 Å². The van der Waals surface area contributed by atoms with E-state index < -0.39 is 30.4 Å². The van der Waals surface area contributed by atoms with Crippen molar-refractivity contribution in [1.82, 2.24) is 10.6 Å². The van der Waals surface area contributed by atoms with Gasteiger partial charge >= 0.3 is 12.1 Å². The van der Waals surface area contributed by atoms with E-state index in [9.17, 15) is 19.5 Å². The van der Waals surface area contributed by atoms with Crippen LogP contribution in [0.15, 0.2) is 60.0 Å². The molecular formula is C24H21ClN2O5S. The summed E-state index contributed by atoms with van der Waals surface area (Å²) in [6.45, 7) is 0.198. The van der Waals surface area contributed by atoms with E-state index in [0.717, 1.165) is 27.1 Å². The van der Waals surface area contributed by atoms with Gasteiger partial charge in [-0.25, -0.2) is 4.79 Å². The Balaban J connectivity index is 1.39. The van der Waals surface area contributed by atoms with E-state index in [4.69, 9.17) is 16.3 Å². The first-order valence-corrected chi connectivity index (χ1v) is 11.5. The molecule has 0 saturated carbocycles. The molecule has 1 unspecified atom stereocenters. The highest BCUT2D eigenvalue weighted by atomic mass is 35.5. The average molecular weight is 485 g/mol. The predicted octanol–water partition coefficient (Wildman–Crippen LogP) is 4.40. The van der Waals surface area contributed by atoms with Crippen molar-refractivity contribution in [3.63, 3.8) is 0 Å². The zero-order valence-corrected chi connectivity index (χ0v) is 19.0. The van der Waals surface area contributed by atoms with Crippen molar-refractivity contribution in [3.8, 4) is 11.1 Å². The number of carbonyl (C=O) groups is 3. The van der Waals surface area contributed by atoms with Gasteiger partial charge in [0.15, 0.2) is 0 Å². The van der Waals surface area contributed by atoms with Crippen LogP contribution >= 0.6 is 22.9 Å². The number of nitrogens with one attached hydrogen (secondary N) is 2. The Hall–Kier alpha value is -3.36. The molecule has 7 nitrogen and oxygen atoms in total. The number of aliphatic carboxylic acids is 1. The molecule has 2 aromatic carbocycles. The molecule has 1 aromatic heterocycles. The molecule has 4 rings (SSSR count). The third-order valence-corrected chi connectivity index (χ3v) is 6.83. The third kappa shape index (κ3) is 5.18. The fraction of sp³-hybridized carbons (Fsp3) is 0.208. The van der Waals surface area contributed by atoms with Gasteiger partial charge in [0.1, 0.15) is 12.6 Å². The minimum atomic E-state index is -1.28. The predicted molar refractivity (Wildman–Crippen MR) is 125 cm³/mol. The number of thiophene rings is 1. The van der Waals surface area contributed by atoms with Crippen molar-refractivity contribution in [3.05, 3.63) is 81.0 Å². The van der Waals surface area contributed by atoms with Gasteiger partial charge < -0.3 is 20.5 Å². The van der Waals surface area contributed by atoms with Crippen molar-refractivity contribution >= 4 is 40.9 Å². The maximum atomic E-state index is 12.5. The highest BCUT2D eigenvalue weighted by molar-refractivity contribution is 7.10. The molecule has 9 heteroatoms. The van der Waals surface area contributed by atoms with Crippen LogP contribution in [0.25, 0.3) is 11.1 Å². The molecule has 33 heavy (non-hydrogen) atoms. The number of ether oxygens (including phenoxy) is 1. The average Bonchev–Trinajstić information content (AvgIpc) is 3.36. The molecule has 0 bridgehead atoms. The van der Waals surface area contributed by atoms with Crippen LogP contribution < -0.4 is 10.6 Å². The number of carboxylic acid groups (broad SMARTS) is 1. The van der Waals surface area contributed by atoms with Gasteiger partial charge in [0.25, 0.3) is 0 Å². The first kappa shape index (κ1) is 22.8. The number of hydrogen-bond acceptors (Lipinski definition) is 5. The van der Waals surface area contributed by atoms with Crippen LogP contribution in [-0.2, 0) is 20.9 Å². The summed E-state index contributed by atoms with van der Waals surface area (Å²) in [4.78, 5) is 37.0. The first-order chi connectivity index (χ1) is 15.9. The second kappa shape index (κ2) is 10.1. The van der Waals surface area contributed by atoms with Crippen LogP contribution in [-0.4, -0.2) is 35.7 Å². The van der Waals surface area contributed by atoms with Gasteiger partial charge in [0.05, 0.1) is 18.0 Å². The molecule has 0 spiro atoms. The summed E-state index contributed by atoms with van der Waals surface area (Å²) in [5, 5.41) is 16.5. The summed E-state index contributed by atoms with van der Waals surface area (Å²) in [6.07, 6.45) is -1.43. The number of carbonyl (C=O) groups excluding carboxylic acids is 2. The van der Waals surface area contributed by atoms with Gasteiger partial charge in [0.2, 0.25) is 5.91 Å². The molecule has 3 aromatic rings. The van der Waals surface area contributed by atoms with E-state index in [2.05, 4.69) is 10.6 Å². The van der Waals surface area contributed by atoms with Gasteiger partial charge in [-0.3, -0.25) is 9.59 Å². The zero-order valence-electron chi connectivity index (χ0n) is 17.4. The maximum Gasteiger partial charge on any atom is 0.407 e. The second-order valence-corrected chi connectivity index (χ2v) is 8.94. The Morgan fingerprint density at radius 2 is 1.67 bits per heavy atom. The zero-order chi connectivity index (χ0) is 23.4. The highest BCUT2D eigenvalue weighted by Gasteiger charge is 2.30. The Kier molecular flexibility index (Phi) is 6.96. The molecule has 0 radical (unpaired) electrons. The Labute approximate surface area is 199 Å². The van der Waals surface area contributed by atoms with Crippen LogP contribution in [0.4, 0.5) is 4.79 Å². The number of carboxylic acids is 1. The second-order valence-electron chi connectivity index (χ2n) is 7.53. The number of amides is 2. The molecule has 1 aliphatic rings. The van der Waals surface area contributed by atoms with Gasteiger partial charge in [0, 0.05) is 10.8 Å². The largest absolute Gasteiger partial charge is 0.481 e. The summed E-state index contributed by atoms with van der Waals surface area (Å²) >= 11 is 7.39. The number of benzene rings is 2. The van der Waals surface area contributed by atoms with E-state index >= 15 is 0 Å². The highest BCUT2D eigenvalue weighted by Crippen LogP contribution is 2.44. The van der Waals surface area contributed by atoms with E-state index in [1.54, 1.807) is 11.4 Å². The molecule has 1 heterocycles. The summed E-state index contributed by atoms with van der Waals surface area (Å²) in [7, 11) is 0. The SMILES string of the molecule is O=C(O)CC(NC(=O)OCC1c2ccccc2-c2ccccc21)C(=O)NCc1sccc1Cl. The molecule has 0 saturated heterocycles. The lowest BCUT2D eigenvalue weighted by atomic mass is 9.98. The summed E-state index contributed by atoms with van der Waals surface area (Å²) in [5.41, 5.74) is 4.30. The maximum absolute atomic E-state index is 12.5. The molecular weight excluding hydrogens is 464 g/mol. The van der Waals surface area contributed by atoms with Gasteiger partial charge in [-0.1, -0.05) is 60.1 Å². The molecule has 1 atom stereocenters. The number of fused-ring (bicyclic) bond motifs is 3. The van der Waals surface area contributed by atoms with Crippen molar-refractivity contribution in [2.24, 2.45) is 0 Å². The van der Waals surface area contributed by atoms with Gasteiger partial charge in [-0.15, -0.1) is 11.3 Å². The normalized spacial score (nSPS) is 13.0. The summed E-state index contributed by atoms with van der Waals surface area (Å²) < 4.78 is 5.43. The molecule has 3 N–H and O–H groups in total. The lowest BCUT2D eigenvalue weighted by Gasteiger charge is -2.18. The quantitative estimate of drug-likeness (QED) is 0.439. The number of hydrogen-bond donors (Lipinski definition) is 3. The van der Waals surface area contributed by atoms with Crippen molar-refractivity contribution in [2.75, 3.05) is 6.61 Å². The fourth-order valence-electron chi connectivity index (χ4n) is 3.91. The molecule has 1 aliphatic carbocycles. The van der Waals surface area contributed by atoms with Crippen LogP contribution in [0.1, 0.15) is 28.3 Å². The van der Waals surface area contributed by atoms with Crippen LogP contribution in [0, 0.1) is 0 Å². The molecule has 170 valence electrons.